The third-order valence-corrected chi connectivity index (χ3v) is 7.13. The van der Waals surface area contributed by atoms with E-state index in [1.165, 1.54) is 17.2 Å². The van der Waals surface area contributed by atoms with Gasteiger partial charge >= 0.3 is 0 Å². The molecule has 9 heteroatoms. The molecular weight excluding hydrogens is 488 g/mol. The number of nitrogens with two attached hydrogens (primary N) is 1. The van der Waals surface area contributed by atoms with E-state index >= 15 is 0 Å². The molecule has 4 aromatic rings. The van der Waals surface area contributed by atoms with Crippen LogP contribution in [0.1, 0.15) is 17.5 Å². The summed E-state index contributed by atoms with van der Waals surface area (Å²) in [4.78, 5) is 13.7. The average Bonchev–Trinajstić information content (AvgIpc) is 3.31. The number of nitrogens with one attached hydrogen (secondary N) is 1. The van der Waals surface area contributed by atoms with Crippen molar-refractivity contribution >= 4 is 40.0 Å². The number of rotatable bonds is 9. The van der Waals surface area contributed by atoms with Gasteiger partial charge < -0.3 is 30.2 Å². The number of allylic oxidation sites excluding steroid dienone is 1. The molecule has 0 aliphatic carbocycles. The normalized spacial score (nSPS) is 12.7. The minimum Gasteiger partial charge on any atom is -0.494 e. The predicted molar refractivity (Wildman–Crippen MR) is 158 cm³/mol. The van der Waals surface area contributed by atoms with Crippen LogP contribution in [0.5, 0.6) is 5.75 Å². The van der Waals surface area contributed by atoms with Crippen molar-refractivity contribution in [2.75, 3.05) is 57.3 Å². The fourth-order valence-corrected chi connectivity index (χ4v) is 5.13. The Kier molecular flexibility index (Phi) is 7.39. The lowest BCUT2D eigenvalue weighted by atomic mass is 10.0. The quantitative estimate of drug-likeness (QED) is 0.236. The third kappa shape index (κ3) is 5.24. The number of nitriles is 1. The average molecular weight is 523 g/mol. The molecule has 0 amide bonds. The Labute approximate surface area is 229 Å². The van der Waals surface area contributed by atoms with Gasteiger partial charge in [0, 0.05) is 67.7 Å². The first-order valence-electron chi connectivity index (χ1n) is 13.0. The molecule has 0 radical (unpaired) electrons. The zero-order valence-corrected chi connectivity index (χ0v) is 22.9. The Morgan fingerprint density at radius 2 is 2.08 bits per heavy atom. The van der Waals surface area contributed by atoms with Crippen LogP contribution in [0.2, 0.25) is 0 Å². The summed E-state index contributed by atoms with van der Waals surface area (Å²) >= 11 is 0. The van der Waals surface area contributed by atoms with Gasteiger partial charge in [-0.1, -0.05) is 18.2 Å². The summed E-state index contributed by atoms with van der Waals surface area (Å²) in [5, 5.41) is 13.6. The first-order valence-corrected chi connectivity index (χ1v) is 13.0. The first kappa shape index (κ1) is 26.1. The zero-order valence-electron chi connectivity index (χ0n) is 22.9. The first-order chi connectivity index (χ1) is 18.9. The summed E-state index contributed by atoms with van der Waals surface area (Å²) < 4.78 is 8.03. The Balaban J connectivity index is 1.54. The molecule has 1 aliphatic rings. The van der Waals surface area contributed by atoms with Crippen LogP contribution >= 0.6 is 0 Å². The van der Waals surface area contributed by atoms with Crippen molar-refractivity contribution in [1.29, 1.82) is 5.26 Å². The number of para-hydroxylation sites is 1. The predicted octanol–water partition coefficient (Wildman–Crippen LogP) is 4.91. The monoisotopic (exact) mass is 522 g/mol. The smallest absolute Gasteiger partial charge is 0.227 e. The van der Waals surface area contributed by atoms with Gasteiger partial charge in [0.2, 0.25) is 5.95 Å². The number of nitrogens with zero attached hydrogens (tertiary/aromatic N) is 6. The maximum atomic E-state index is 9.18. The lowest BCUT2D eigenvalue weighted by Crippen LogP contribution is -2.29. The number of hydrogen-bond donors (Lipinski definition) is 2. The van der Waals surface area contributed by atoms with Gasteiger partial charge in [0.15, 0.2) is 0 Å². The molecule has 2 aromatic carbocycles. The van der Waals surface area contributed by atoms with Crippen molar-refractivity contribution < 1.29 is 4.74 Å². The zero-order chi connectivity index (χ0) is 27.5. The van der Waals surface area contributed by atoms with Gasteiger partial charge in [-0.2, -0.15) is 5.26 Å². The van der Waals surface area contributed by atoms with Crippen LogP contribution in [0.3, 0.4) is 0 Å². The van der Waals surface area contributed by atoms with E-state index in [4.69, 9.17) is 15.5 Å². The lowest BCUT2D eigenvalue weighted by molar-refractivity contribution is 0.413. The van der Waals surface area contributed by atoms with Crippen molar-refractivity contribution in [3.05, 3.63) is 59.9 Å². The van der Waals surface area contributed by atoms with Crippen molar-refractivity contribution in [3.63, 3.8) is 0 Å². The molecule has 0 bridgehead atoms. The number of aryl methyl sites for hydroxylation is 2. The minimum atomic E-state index is 0.414. The molecule has 0 saturated heterocycles. The Morgan fingerprint density at radius 3 is 2.85 bits per heavy atom. The molecule has 3 heterocycles. The second-order valence-corrected chi connectivity index (χ2v) is 10.1. The van der Waals surface area contributed by atoms with Crippen molar-refractivity contribution in [1.82, 2.24) is 19.4 Å². The Hall–Kier alpha value is -4.55. The standard InChI is InChI=1S/C30H34N8O/c1-36(2)14-15-37(3)26-17-27(39-4)25(16-24(26)32)34-30-33-18-21(9-6-12-31)28(35-30)23-19-38-13-7-10-20-8-5-11-22(23)29(20)38/h5-6,8-9,11,16-19H,7,10,13-15,32H2,1-4H3,(H,33,34,35)/b9-6+. The molecule has 3 N–H and O–H groups in total. The topological polar surface area (TPSA) is 108 Å². The molecule has 200 valence electrons. The fourth-order valence-electron chi connectivity index (χ4n) is 5.13. The highest BCUT2D eigenvalue weighted by atomic mass is 16.5. The second-order valence-electron chi connectivity index (χ2n) is 10.1. The van der Waals surface area contributed by atoms with Crippen molar-refractivity contribution in [3.8, 4) is 23.1 Å². The van der Waals surface area contributed by atoms with E-state index in [-0.39, 0.29) is 0 Å². The molecule has 0 saturated carbocycles. The molecule has 9 nitrogen and oxygen atoms in total. The maximum absolute atomic E-state index is 9.18. The highest BCUT2D eigenvalue weighted by Crippen LogP contribution is 2.38. The molecule has 0 fully saturated rings. The van der Waals surface area contributed by atoms with E-state index in [0.29, 0.717) is 23.1 Å². The van der Waals surface area contributed by atoms with Crippen LogP contribution in [0.4, 0.5) is 23.0 Å². The Bertz CT molecular complexity index is 1580. The number of nitrogen functional groups attached to an aromatic ring is 1. The van der Waals surface area contributed by atoms with E-state index < -0.39 is 0 Å². The molecule has 0 unspecified atom stereocenters. The number of likely N-dealkylation sites (N-methyl/N-ethyl adjacent to an activating group) is 2. The van der Waals surface area contributed by atoms with Gasteiger partial charge in [-0.3, -0.25) is 0 Å². The number of anilines is 4. The summed E-state index contributed by atoms with van der Waals surface area (Å²) in [6.07, 6.45) is 9.29. The third-order valence-electron chi connectivity index (χ3n) is 7.13. The van der Waals surface area contributed by atoms with Gasteiger partial charge in [0.25, 0.3) is 0 Å². The fraction of sp³-hybridized carbons (Fsp3) is 0.300. The molecule has 1 aliphatic heterocycles. The number of ether oxygens (including phenoxy) is 1. The number of aromatic nitrogens is 3. The highest BCUT2D eigenvalue weighted by molar-refractivity contribution is 5.99. The molecule has 2 aromatic heterocycles. The van der Waals surface area contributed by atoms with E-state index in [9.17, 15) is 5.26 Å². The number of benzene rings is 2. The van der Waals surface area contributed by atoms with Gasteiger partial charge in [0.05, 0.1) is 41.5 Å². The second kappa shape index (κ2) is 11.1. The molecule has 39 heavy (non-hydrogen) atoms. The maximum Gasteiger partial charge on any atom is 0.227 e. The van der Waals surface area contributed by atoms with Gasteiger partial charge in [-0.15, -0.1) is 0 Å². The summed E-state index contributed by atoms with van der Waals surface area (Å²) in [6, 6.07) is 12.3. The summed E-state index contributed by atoms with van der Waals surface area (Å²) in [7, 11) is 7.75. The van der Waals surface area contributed by atoms with Crippen molar-refractivity contribution in [2.45, 2.75) is 19.4 Å². The van der Waals surface area contributed by atoms with Crippen LogP contribution in [0, 0.1) is 11.3 Å². The molecule has 5 rings (SSSR count). The van der Waals surface area contributed by atoms with Gasteiger partial charge in [0.1, 0.15) is 5.75 Å². The molecule has 0 spiro atoms. The highest BCUT2D eigenvalue weighted by Gasteiger charge is 2.20. The Morgan fingerprint density at radius 1 is 1.23 bits per heavy atom. The van der Waals surface area contributed by atoms with E-state index in [1.54, 1.807) is 19.4 Å². The number of methoxy groups -OCH3 is 1. The summed E-state index contributed by atoms with van der Waals surface area (Å²) in [6.45, 7) is 2.70. The lowest BCUT2D eigenvalue weighted by Gasteiger charge is -2.24. The van der Waals surface area contributed by atoms with Crippen LogP contribution in [-0.2, 0) is 13.0 Å². The largest absolute Gasteiger partial charge is 0.494 e. The summed E-state index contributed by atoms with van der Waals surface area (Å²) in [5.41, 5.74) is 13.8. The number of hydrogen-bond acceptors (Lipinski definition) is 8. The van der Waals surface area contributed by atoms with Crippen molar-refractivity contribution in [2.24, 2.45) is 0 Å². The van der Waals surface area contributed by atoms with E-state index in [2.05, 4.69) is 55.1 Å². The van der Waals surface area contributed by atoms with Gasteiger partial charge in [-0.25, -0.2) is 9.97 Å². The van der Waals surface area contributed by atoms with E-state index in [0.717, 1.165) is 60.4 Å². The van der Waals surface area contributed by atoms with Crippen LogP contribution in [0.15, 0.2) is 48.8 Å². The van der Waals surface area contributed by atoms with Crippen LogP contribution in [-0.4, -0.2) is 60.8 Å². The van der Waals surface area contributed by atoms with E-state index in [1.807, 2.05) is 33.3 Å². The van der Waals surface area contributed by atoms with Crippen LogP contribution < -0.4 is 20.7 Å². The van der Waals surface area contributed by atoms with Crippen LogP contribution in [0.25, 0.3) is 28.2 Å². The SMILES string of the molecule is COc1cc(N(C)CCN(C)C)c(N)cc1Nc1ncc(/C=C/C#N)c(-c2cn3c4c(cccc24)CCC3)n1. The molecule has 0 atom stereocenters. The summed E-state index contributed by atoms with van der Waals surface area (Å²) in [5.74, 6) is 1.05. The minimum absolute atomic E-state index is 0.414. The molecular formula is C30H34N8O. The van der Waals surface area contributed by atoms with Gasteiger partial charge in [-0.05, 0) is 44.6 Å².